The molecular weight excluding hydrogens is 411 g/mol. The second-order valence-electron chi connectivity index (χ2n) is 5.61. The van der Waals surface area contributed by atoms with Gasteiger partial charge in [0.1, 0.15) is 11.3 Å². The van der Waals surface area contributed by atoms with Gasteiger partial charge in [-0.1, -0.05) is 26.8 Å². The van der Waals surface area contributed by atoms with E-state index < -0.39 is 24.9 Å². The van der Waals surface area contributed by atoms with Crippen molar-refractivity contribution < 1.29 is 145 Å². The number of alkyl halides is 3. The van der Waals surface area contributed by atoms with E-state index in [1.807, 2.05) is 20.8 Å². The van der Waals surface area contributed by atoms with E-state index in [0.717, 1.165) is 12.7 Å². The van der Waals surface area contributed by atoms with Crippen molar-refractivity contribution in [1.82, 2.24) is 0 Å². The molecule has 1 aromatic rings. The van der Waals surface area contributed by atoms with Gasteiger partial charge in [0.25, 0.3) is 0 Å². The van der Waals surface area contributed by atoms with Gasteiger partial charge < -0.3 is 24.5 Å². The van der Waals surface area contributed by atoms with Crippen molar-refractivity contribution in [1.29, 1.82) is 0 Å². The maximum Gasteiger partial charge on any atom is 1.00 e. The normalized spacial score (nSPS) is 10.3. The summed E-state index contributed by atoms with van der Waals surface area (Å²) >= 11 is 0. The van der Waals surface area contributed by atoms with E-state index in [2.05, 4.69) is 4.74 Å². The zero-order valence-electron chi connectivity index (χ0n) is 15.5. The number of methoxy groups -OCH3 is 1. The third-order valence-electron chi connectivity index (χ3n) is 2.64. The number of halogens is 3. The van der Waals surface area contributed by atoms with E-state index in [0.29, 0.717) is 0 Å². The smallest absolute Gasteiger partial charge is 0.652 e. The summed E-state index contributed by atoms with van der Waals surface area (Å²) < 4.78 is 46.0. The van der Waals surface area contributed by atoms with Crippen LogP contribution < -0.4 is 118 Å². The van der Waals surface area contributed by atoms with Gasteiger partial charge in [0.15, 0.2) is 6.61 Å². The first-order valence-electron chi connectivity index (χ1n) is 6.58. The predicted octanol–water partition coefficient (Wildman–Crippen LogP) is -4.73. The van der Waals surface area contributed by atoms with Gasteiger partial charge in [0.2, 0.25) is 0 Å². The molecule has 0 aliphatic rings. The van der Waals surface area contributed by atoms with Crippen LogP contribution in [0, 0.1) is 0 Å². The quantitative estimate of drug-likeness (QED) is 0.354. The summed E-state index contributed by atoms with van der Waals surface area (Å²) in [6.07, 6.45) is -6.80. The molecule has 0 saturated heterocycles. The van der Waals surface area contributed by atoms with Crippen molar-refractivity contribution in [3.05, 3.63) is 29.3 Å². The number of carbonyl (C=O) groups excluding carboxylic acids is 2. The molecule has 136 valence electrons. The van der Waals surface area contributed by atoms with E-state index >= 15 is 0 Å². The van der Waals surface area contributed by atoms with Gasteiger partial charge in [0, 0.05) is 0 Å². The van der Waals surface area contributed by atoms with E-state index in [4.69, 9.17) is 19.7 Å². The van der Waals surface area contributed by atoms with Gasteiger partial charge >= 0.3 is 115 Å². The maximum atomic E-state index is 12.2. The minimum Gasteiger partial charge on any atom is -0.652 e. The van der Waals surface area contributed by atoms with Crippen molar-refractivity contribution >= 4 is 12.1 Å². The van der Waals surface area contributed by atoms with Crippen molar-refractivity contribution in [3.8, 4) is 5.75 Å². The summed E-state index contributed by atoms with van der Waals surface area (Å²) in [5, 5.41) is 16.7. The molecule has 6 nitrogen and oxygen atoms in total. The molecule has 0 amide bonds. The SMILES string of the molecule is COC(=O)c1ccc(C(C)(C)C)cc1OCC(F)(F)F.O=C([O-])[O-].[K+].[K+]. The zero-order chi connectivity index (χ0) is 19.1. The minimum absolute atomic E-state index is 0. The topological polar surface area (TPSA) is 98.7 Å². The summed E-state index contributed by atoms with van der Waals surface area (Å²) in [6, 6.07) is 4.53. The van der Waals surface area contributed by atoms with Gasteiger partial charge in [-0.3, -0.25) is 0 Å². The van der Waals surface area contributed by atoms with Crippen LogP contribution in [0.25, 0.3) is 0 Å². The summed E-state index contributed by atoms with van der Waals surface area (Å²) in [4.78, 5) is 19.9. The van der Waals surface area contributed by atoms with Crippen LogP contribution in [0.1, 0.15) is 36.7 Å². The second-order valence-corrected chi connectivity index (χ2v) is 5.61. The van der Waals surface area contributed by atoms with Crippen molar-refractivity contribution in [3.63, 3.8) is 0 Å². The molecule has 0 aromatic heterocycles. The van der Waals surface area contributed by atoms with Crippen LogP contribution in [0.5, 0.6) is 5.75 Å². The fraction of sp³-hybridized carbons (Fsp3) is 0.467. The molecule has 0 unspecified atom stereocenters. The Morgan fingerprint density at radius 3 is 1.88 bits per heavy atom. The van der Waals surface area contributed by atoms with Crippen LogP contribution in [0.2, 0.25) is 0 Å². The molecule has 0 bridgehead atoms. The van der Waals surface area contributed by atoms with Crippen LogP contribution in [0.3, 0.4) is 0 Å². The van der Waals surface area contributed by atoms with Crippen LogP contribution in [-0.4, -0.2) is 32.0 Å². The van der Waals surface area contributed by atoms with Gasteiger partial charge in [-0.05, 0) is 29.3 Å². The largest absolute Gasteiger partial charge is 1.00 e. The van der Waals surface area contributed by atoms with E-state index in [-0.39, 0.29) is 119 Å². The van der Waals surface area contributed by atoms with E-state index in [9.17, 15) is 18.0 Å². The first-order valence-corrected chi connectivity index (χ1v) is 6.58. The Labute approximate surface area is 234 Å². The fourth-order valence-electron chi connectivity index (χ4n) is 1.55. The Kier molecular flexibility index (Phi) is 16.9. The van der Waals surface area contributed by atoms with Gasteiger partial charge in [-0.25, -0.2) is 4.79 Å². The molecule has 1 rings (SSSR count). The molecule has 1 aromatic carbocycles. The van der Waals surface area contributed by atoms with Crippen LogP contribution in [-0.2, 0) is 10.2 Å². The number of carbonyl (C=O) groups is 2. The first kappa shape index (κ1) is 31.5. The van der Waals surface area contributed by atoms with Crippen molar-refractivity contribution in [2.75, 3.05) is 13.7 Å². The maximum absolute atomic E-state index is 12.2. The van der Waals surface area contributed by atoms with Crippen LogP contribution in [0.15, 0.2) is 18.2 Å². The van der Waals surface area contributed by atoms with Crippen LogP contribution >= 0.6 is 0 Å². The second kappa shape index (κ2) is 13.9. The molecule has 0 fully saturated rings. The third kappa shape index (κ3) is 13.9. The molecule has 26 heavy (non-hydrogen) atoms. The molecule has 11 heteroatoms. The Morgan fingerprint density at radius 1 is 1.08 bits per heavy atom. The van der Waals surface area contributed by atoms with Gasteiger partial charge in [-0.2, -0.15) is 13.2 Å². The Balaban J connectivity index is -0.000000798. The predicted molar refractivity (Wildman–Crippen MR) is 73.4 cm³/mol. The molecule has 0 spiro atoms. The van der Waals surface area contributed by atoms with Crippen LogP contribution in [0.4, 0.5) is 18.0 Å². The summed E-state index contributed by atoms with van der Waals surface area (Å²) in [5.41, 5.74) is 0.470. The molecule has 0 aliphatic heterocycles. The Hall–Kier alpha value is 0.823. The number of rotatable bonds is 3. The molecule has 0 atom stereocenters. The van der Waals surface area contributed by atoms with E-state index in [1.54, 1.807) is 6.07 Å². The summed E-state index contributed by atoms with van der Waals surface area (Å²) in [6.45, 7) is 4.28. The molecular formula is C15H17F3K2O6. The molecule has 0 N–H and O–H groups in total. The molecule has 0 aliphatic carbocycles. The standard InChI is InChI=1S/C14H17F3O3.CH2O3.2K/c1-13(2,3)9-5-6-10(12(18)19-4)11(7-9)20-8-14(15,16)17;2-1(3)4;;/h5-7H,8H2,1-4H3;(H2,2,3,4);;/q;;2*+1/p-2. The third-order valence-corrected chi connectivity index (χ3v) is 2.64. The number of ether oxygens (including phenoxy) is 2. The summed E-state index contributed by atoms with van der Waals surface area (Å²) in [7, 11) is 1.16. The molecule has 0 radical (unpaired) electrons. The molecule has 0 heterocycles. The number of carboxylic acid groups (broad SMARTS) is 2. The average Bonchev–Trinajstić information content (AvgIpc) is 2.41. The van der Waals surface area contributed by atoms with Crippen molar-refractivity contribution in [2.24, 2.45) is 0 Å². The monoisotopic (exact) mass is 428 g/mol. The Bertz CT molecular complexity index is 582. The van der Waals surface area contributed by atoms with E-state index in [1.165, 1.54) is 12.1 Å². The minimum atomic E-state index is -4.47. The number of benzene rings is 1. The number of hydrogen-bond donors (Lipinski definition) is 0. The number of hydrogen-bond acceptors (Lipinski definition) is 6. The Morgan fingerprint density at radius 2 is 1.54 bits per heavy atom. The van der Waals surface area contributed by atoms with Gasteiger partial charge in [-0.15, -0.1) is 0 Å². The fourth-order valence-corrected chi connectivity index (χ4v) is 1.55. The molecule has 0 saturated carbocycles. The first-order chi connectivity index (χ1) is 10.8. The summed E-state index contributed by atoms with van der Waals surface area (Å²) in [5.74, 6) is -0.857. The average molecular weight is 428 g/mol. The van der Waals surface area contributed by atoms with Crippen molar-refractivity contribution in [2.45, 2.75) is 32.4 Å². The number of esters is 1. The van der Waals surface area contributed by atoms with Gasteiger partial charge in [0.05, 0.1) is 7.11 Å². The zero-order valence-corrected chi connectivity index (χ0v) is 21.8.